The van der Waals surface area contributed by atoms with Gasteiger partial charge in [0.15, 0.2) is 0 Å². The molecule has 0 aromatic heterocycles. The van der Waals surface area contributed by atoms with Crippen LogP contribution in [-0.2, 0) is 4.79 Å². The van der Waals surface area contributed by atoms with Gasteiger partial charge in [0.25, 0.3) is 0 Å². The van der Waals surface area contributed by atoms with Crippen LogP contribution in [0.15, 0.2) is 11.6 Å². The Balaban J connectivity index is 2.14. The molecule has 11 heavy (non-hydrogen) atoms. The van der Waals surface area contributed by atoms with Gasteiger partial charge in [-0.2, -0.15) is 0 Å². The number of carbonyl (C=O) groups is 1. The maximum Gasteiger partial charge on any atom is 0.224 e. The average molecular weight is 151 g/mol. The van der Waals surface area contributed by atoms with Gasteiger partial charge in [-0.3, -0.25) is 4.79 Å². The van der Waals surface area contributed by atoms with Gasteiger partial charge >= 0.3 is 0 Å². The van der Waals surface area contributed by atoms with Gasteiger partial charge in [-0.25, -0.2) is 0 Å². The van der Waals surface area contributed by atoms with Crippen LogP contribution in [-0.4, -0.2) is 11.9 Å². The van der Waals surface area contributed by atoms with Crippen molar-refractivity contribution in [3.05, 3.63) is 11.6 Å². The second-order valence-electron chi connectivity index (χ2n) is 3.35. The van der Waals surface area contributed by atoms with Gasteiger partial charge in [-0.05, 0) is 19.3 Å². The summed E-state index contributed by atoms with van der Waals surface area (Å²) in [5.74, 6) is 0.195. The summed E-state index contributed by atoms with van der Waals surface area (Å²) in [6, 6.07) is 0.394. The lowest BCUT2D eigenvalue weighted by atomic mass is 9.87. The third kappa shape index (κ3) is 1.30. The minimum absolute atomic E-state index is 0.195. The summed E-state index contributed by atoms with van der Waals surface area (Å²) in [6.07, 6.45) is 7.64. The molecule has 1 unspecified atom stereocenters. The van der Waals surface area contributed by atoms with Crippen LogP contribution in [0.1, 0.15) is 32.1 Å². The lowest BCUT2D eigenvalue weighted by Crippen LogP contribution is -2.40. The minimum atomic E-state index is 0.195. The Hall–Kier alpha value is -0.790. The molecule has 1 atom stereocenters. The van der Waals surface area contributed by atoms with Crippen LogP contribution in [0.5, 0.6) is 0 Å². The number of nitrogens with one attached hydrogen (secondary N) is 1. The zero-order chi connectivity index (χ0) is 7.68. The predicted octanol–water partition coefficient (Wildman–Crippen LogP) is 1.38. The van der Waals surface area contributed by atoms with Crippen molar-refractivity contribution in [3.8, 4) is 0 Å². The van der Waals surface area contributed by atoms with Gasteiger partial charge in [-0.1, -0.05) is 18.1 Å². The van der Waals surface area contributed by atoms with Crippen molar-refractivity contribution in [1.29, 1.82) is 0 Å². The van der Waals surface area contributed by atoms with Gasteiger partial charge < -0.3 is 5.32 Å². The van der Waals surface area contributed by atoms with Gasteiger partial charge in [-0.15, -0.1) is 0 Å². The fourth-order valence-electron chi connectivity index (χ4n) is 1.92. The van der Waals surface area contributed by atoms with Crippen LogP contribution in [0.2, 0.25) is 0 Å². The van der Waals surface area contributed by atoms with Crippen molar-refractivity contribution in [3.63, 3.8) is 0 Å². The number of fused-ring (bicyclic) bond motifs is 1. The highest BCUT2D eigenvalue weighted by molar-refractivity contribution is 5.79. The van der Waals surface area contributed by atoms with Crippen molar-refractivity contribution in [2.75, 3.05) is 0 Å². The molecule has 1 amide bonds. The Kier molecular flexibility index (Phi) is 1.68. The van der Waals surface area contributed by atoms with E-state index >= 15 is 0 Å². The van der Waals surface area contributed by atoms with Gasteiger partial charge in [0, 0.05) is 6.42 Å². The summed E-state index contributed by atoms with van der Waals surface area (Å²) in [5, 5.41) is 3.01. The lowest BCUT2D eigenvalue weighted by molar-refractivity contribution is -0.121. The second-order valence-corrected chi connectivity index (χ2v) is 3.35. The Bertz CT molecular complexity index is 208. The largest absolute Gasteiger partial charge is 0.349 e. The lowest BCUT2D eigenvalue weighted by Gasteiger charge is -2.29. The van der Waals surface area contributed by atoms with Crippen LogP contribution in [0.4, 0.5) is 0 Å². The molecule has 0 radical (unpaired) electrons. The number of hydrogen-bond donors (Lipinski definition) is 1. The normalized spacial score (nSPS) is 30.4. The molecule has 2 heteroatoms. The van der Waals surface area contributed by atoms with Gasteiger partial charge in [0.1, 0.15) is 0 Å². The SMILES string of the molecule is O=C1CC=C2CCCCC2N1. The molecule has 1 N–H and O–H groups in total. The molecule has 1 saturated carbocycles. The fourth-order valence-corrected chi connectivity index (χ4v) is 1.92. The van der Waals surface area contributed by atoms with E-state index in [2.05, 4.69) is 11.4 Å². The zero-order valence-electron chi connectivity index (χ0n) is 6.60. The summed E-state index contributed by atoms with van der Waals surface area (Å²) in [5.41, 5.74) is 1.47. The standard InChI is InChI=1S/C9H13NO/c11-9-6-5-7-3-1-2-4-8(7)10-9/h5,8H,1-4,6H2,(H,10,11). The fraction of sp³-hybridized carbons (Fsp3) is 0.667. The number of rotatable bonds is 0. The molecular formula is C9H13NO. The minimum Gasteiger partial charge on any atom is -0.349 e. The first kappa shape index (κ1) is 6.89. The average Bonchev–Trinajstić information content (AvgIpc) is 2.04. The molecule has 0 saturated heterocycles. The third-order valence-electron chi connectivity index (χ3n) is 2.54. The molecule has 0 aromatic rings. The van der Waals surface area contributed by atoms with Crippen molar-refractivity contribution >= 4 is 5.91 Å². The highest BCUT2D eigenvalue weighted by atomic mass is 16.1. The molecule has 0 spiro atoms. The first-order valence-electron chi connectivity index (χ1n) is 4.34. The quantitative estimate of drug-likeness (QED) is 0.520. The van der Waals surface area contributed by atoms with Crippen LogP contribution >= 0.6 is 0 Å². The molecular weight excluding hydrogens is 138 g/mol. The summed E-state index contributed by atoms with van der Waals surface area (Å²) < 4.78 is 0. The Labute approximate surface area is 66.7 Å². The highest BCUT2D eigenvalue weighted by Crippen LogP contribution is 2.26. The maximum atomic E-state index is 11.0. The summed E-state index contributed by atoms with van der Waals surface area (Å²) in [6.45, 7) is 0. The van der Waals surface area contributed by atoms with Crippen LogP contribution in [0.3, 0.4) is 0 Å². The van der Waals surface area contributed by atoms with Crippen molar-refractivity contribution < 1.29 is 4.79 Å². The second kappa shape index (κ2) is 2.68. The van der Waals surface area contributed by atoms with Crippen LogP contribution in [0, 0.1) is 0 Å². The molecule has 2 aliphatic rings. The van der Waals surface area contributed by atoms with E-state index in [9.17, 15) is 4.79 Å². The number of amides is 1. The molecule has 0 aromatic carbocycles. The third-order valence-corrected chi connectivity index (χ3v) is 2.54. The summed E-state index contributed by atoms with van der Waals surface area (Å²) >= 11 is 0. The van der Waals surface area contributed by atoms with Crippen molar-refractivity contribution in [2.45, 2.75) is 38.1 Å². The van der Waals surface area contributed by atoms with Gasteiger partial charge in [0.2, 0.25) is 5.91 Å². The molecule has 2 rings (SSSR count). The van der Waals surface area contributed by atoms with Crippen LogP contribution in [0.25, 0.3) is 0 Å². The monoisotopic (exact) mass is 151 g/mol. The van der Waals surface area contributed by atoms with Crippen molar-refractivity contribution in [1.82, 2.24) is 5.32 Å². The molecule has 1 aliphatic heterocycles. The van der Waals surface area contributed by atoms with E-state index < -0.39 is 0 Å². The van der Waals surface area contributed by atoms with E-state index in [1.54, 1.807) is 0 Å². The number of carbonyl (C=O) groups excluding carboxylic acids is 1. The molecule has 60 valence electrons. The van der Waals surface area contributed by atoms with Crippen molar-refractivity contribution in [2.24, 2.45) is 0 Å². The van der Waals surface area contributed by atoms with E-state index in [0.29, 0.717) is 12.5 Å². The van der Waals surface area contributed by atoms with Gasteiger partial charge in [0.05, 0.1) is 6.04 Å². The Morgan fingerprint density at radius 2 is 2.36 bits per heavy atom. The smallest absolute Gasteiger partial charge is 0.224 e. The Morgan fingerprint density at radius 3 is 3.27 bits per heavy atom. The maximum absolute atomic E-state index is 11.0. The van der Waals surface area contributed by atoms with E-state index in [-0.39, 0.29) is 5.91 Å². The van der Waals surface area contributed by atoms with E-state index in [4.69, 9.17) is 0 Å². The molecule has 0 bridgehead atoms. The summed E-state index contributed by atoms with van der Waals surface area (Å²) in [7, 11) is 0. The van der Waals surface area contributed by atoms with E-state index in [1.807, 2.05) is 0 Å². The molecule has 1 aliphatic carbocycles. The summed E-state index contributed by atoms with van der Waals surface area (Å²) in [4.78, 5) is 11.0. The first-order valence-corrected chi connectivity index (χ1v) is 4.34. The molecule has 1 heterocycles. The number of hydrogen-bond acceptors (Lipinski definition) is 1. The molecule has 2 nitrogen and oxygen atoms in total. The first-order chi connectivity index (χ1) is 5.36. The topological polar surface area (TPSA) is 29.1 Å². The van der Waals surface area contributed by atoms with E-state index in [0.717, 1.165) is 6.42 Å². The predicted molar refractivity (Wildman–Crippen MR) is 43.1 cm³/mol. The van der Waals surface area contributed by atoms with E-state index in [1.165, 1.54) is 24.8 Å². The zero-order valence-corrected chi connectivity index (χ0v) is 6.60. The Morgan fingerprint density at radius 1 is 1.45 bits per heavy atom. The highest BCUT2D eigenvalue weighted by Gasteiger charge is 2.23. The molecule has 1 fully saturated rings. The van der Waals surface area contributed by atoms with Crippen LogP contribution < -0.4 is 5.32 Å².